The van der Waals surface area contributed by atoms with Crippen LogP contribution in [-0.4, -0.2) is 9.97 Å². The molecule has 3 nitrogen and oxygen atoms in total. The van der Waals surface area contributed by atoms with Gasteiger partial charge in [-0.05, 0) is 30.3 Å². The first-order valence-electron chi connectivity index (χ1n) is 5.00. The predicted octanol–water partition coefficient (Wildman–Crippen LogP) is 3.08. The molecule has 2 heterocycles. The van der Waals surface area contributed by atoms with Gasteiger partial charge in [0.15, 0.2) is 0 Å². The molecule has 0 aliphatic carbocycles. The molecule has 0 fully saturated rings. The minimum absolute atomic E-state index is 0.252. The van der Waals surface area contributed by atoms with Crippen LogP contribution in [0.25, 0.3) is 20.9 Å². The molecule has 0 radical (unpaired) electrons. The highest BCUT2D eigenvalue weighted by molar-refractivity contribution is 7.21. The third-order valence-corrected chi connectivity index (χ3v) is 3.40. The van der Waals surface area contributed by atoms with Crippen LogP contribution in [0.4, 0.5) is 10.1 Å². The van der Waals surface area contributed by atoms with Crippen LogP contribution >= 0.6 is 11.3 Å². The first-order chi connectivity index (χ1) is 8.22. The largest absolute Gasteiger partial charge is 0.397 e. The van der Waals surface area contributed by atoms with Crippen LogP contribution in [0.3, 0.4) is 0 Å². The van der Waals surface area contributed by atoms with Gasteiger partial charge in [0.25, 0.3) is 0 Å². The maximum absolute atomic E-state index is 13.0. The summed E-state index contributed by atoms with van der Waals surface area (Å²) in [5, 5.41) is 0.769. The average Bonchev–Trinajstić information content (AvgIpc) is 2.72. The zero-order chi connectivity index (χ0) is 11.8. The lowest BCUT2D eigenvalue weighted by atomic mass is 10.3. The smallest absolute Gasteiger partial charge is 0.143 e. The highest BCUT2D eigenvalue weighted by atomic mass is 32.1. The summed E-state index contributed by atoms with van der Waals surface area (Å²) in [6.07, 6.45) is 1.59. The topological polar surface area (TPSA) is 51.8 Å². The minimum Gasteiger partial charge on any atom is -0.397 e. The van der Waals surface area contributed by atoms with E-state index in [0.29, 0.717) is 5.69 Å². The number of hydrogen-bond acceptors (Lipinski definition) is 4. The van der Waals surface area contributed by atoms with Crippen LogP contribution in [0, 0.1) is 5.82 Å². The summed E-state index contributed by atoms with van der Waals surface area (Å²) in [4.78, 5) is 8.60. The molecule has 0 aliphatic rings. The number of aromatic nitrogens is 2. The van der Waals surface area contributed by atoms with Crippen LogP contribution in [0.2, 0.25) is 0 Å². The fourth-order valence-electron chi connectivity index (χ4n) is 1.54. The number of thiazole rings is 1. The number of hydrogen-bond donors (Lipinski definition) is 1. The van der Waals surface area contributed by atoms with Gasteiger partial charge in [0.05, 0.1) is 27.8 Å². The first kappa shape index (κ1) is 10.2. The zero-order valence-electron chi connectivity index (χ0n) is 8.72. The summed E-state index contributed by atoms with van der Waals surface area (Å²) in [7, 11) is 0. The van der Waals surface area contributed by atoms with E-state index in [-0.39, 0.29) is 5.82 Å². The Hall–Kier alpha value is -2.01. The van der Waals surface area contributed by atoms with E-state index in [9.17, 15) is 4.39 Å². The Morgan fingerprint density at radius 2 is 2.06 bits per heavy atom. The molecule has 0 unspecified atom stereocenters. The Morgan fingerprint density at radius 3 is 2.82 bits per heavy atom. The van der Waals surface area contributed by atoms with Crippen LogP contribution < -0.4 is 5.73 Å². The molecular weight excluding hydrogens is 237 g/mol. The second-order valence-corrected chi connectivity index (χ2v) is 4.64. The van der Waals surface area contributed by atoms with Crippen molar-refractivity contribution in [3.05, 3.63) is 42.3 Å². The molecule has 0 aliphatic heterocycles. The highest BCUT2D eigenvalue weighted by Gasteiger charge is 2.07. The van der Waals surface area contributed by atoms with Gasteiger partial charge in [0, 0.05) is 0 Å². The second-order valence-electron chi connectivity index (χ2n) is 3.61. The fourth-order valence-corrected chi connectivity index (χ4v) is 2.51. The van der Waals surface area contributed by atoms with Gasteiger partial charge in [-0.2, -0.15) is 0 Å². The third kappa shape index (κ3) is 1.85. The van der Waals surface area contributed by atoms with E-state index in [0.717, 1.165) is 20.9 Å². The summed E-state index contributed by atoms with van der Waals surface area (Å²) in [6, 6.07) is 8.14. The van der Waals surface area contributed by atoms with Crippen molar-refractivity contribution in [1.82, 2.24) is 9.97 Å². The zero-order valence-corrected chi connectivity index (χ0v) is 9.54. The summed E-state index contributed by atoms with van der Waals surface area (Å²) < 4.78 is 13.9. The summed E-state index contributed by atoms with van der Waals surface area (Å²) in [5.74, 6) is -0.252. The lowest BCUT2D eigenvalue weighted by Gasteiger charge is -1.94. The number of anilines is 1. The monoisotopic (exact) mass is 245 g/mol. The van der Waals surface area contributed by atoms with Crippen molar-refractivity contribution in [3.8, 4) is 10.7 Å². The molecule has 3 aromatic rings. The van der Waals surface area contributed by atoms with Gasteiger partial charge in [-0.3, -0.25) is 4.98 Å². The molecule has 1 aromatic carbocycles. The van der Waals surface area contributed by atoms with Gasteiger partial charge in [-0.15, -0.1) is 11.3 Å². The van der Waals surface area contributed by atoms with Crippen LogP contribution in [0.1, 0.15) is 0 Å². The van der Waals surface area contributed by atoms with E-state index in [2.05, 4.69) is 9.97 Å². The predicted molar refractivity (Wildman–Crippen MR) is 67.2 cm³/mol. The average molecular weight is 245 g/mol. The van der Waals surface area contributed by atoms with Crippen molar-refractivity contribution >= 4 is 27.2 Å². The molecule has 0 atom stereocenters. The third-order valence-electron chi connectivity index (χ3n) is 2.36. The quantitative estimate of drug-likeness (QED) is 0.716. The Balaban J connectivity index is 2.14. The standard InChI is InChI=1S/C12H8FN3S/c13-7-1-3-9-11(5-7)17-12(16-9)10-4-2-8(14)6-15-10/h1-6H,14H2. The van der Waals surface area contributed by atoms with Crippen molar-refractivity contribution in [1.29, 1.82) is 0 Å². The minimum atomic E-state index is -0.252. The lowest BCUT2D eigenvalue weighted by molar-refractivity contribution is 0.630. The molecule has 2 N–H and O–H groups in total. The molecular formula is C12H8FN3S. The number of nitrogen functional groups attached to an aromatic ring is 1. The molecule has 0 amide bonds. The normalized spacial score (nSPS) is 10.9. The van der Waals surface area contributed by atoms with E-state index in [1.807, 2.05) is 6.07 Å². The van der Waals surface area contributed by atoms with Crippen molar-refractivity contribution in [2.45, 2.75) is 0 Å². The summed E-state index contributed by atoms with van der Waals surface area (Å²) in [6.45, 7) is 0. The van der Waals surface area contributed by atoms with Crippen molar-refractivity contribution < 1.29 is 4.39 Å². The lowest BCUT2D eigenvalue weighted by Crippen LogP contribution is -1.87. The number of rotatable bonds is 1. The maximum Gasteiger partial charge on any atom is 0.143 e. The van der Waals surface area contributed by atoms with E-state index in [4.69, 9.17) is 5.73 Å². The van der Waals surface area contributed by atoms with E-state index < -0.39 is 0 Å². The number of nitrogens with zero attached hydrogens (tertiary/aromatic N) is 2. The van der Waals surface area contributed by atoms with Crippen LogP contribution in [0.15, 0.2) is 36.5 Å². The van der Waals surface area contributed by atoms with Crippen LogP contribution in [0.5, 0.6) is 0 Å². The van der Waals surface area contributed by atoms with Crippen molar-refractivity contribution in [3.63, 3.8) is 0 Å². The Labute approximate surface area is 101 Å². The number of nitrogens with two attached hydrogens (primary N) is 1. The molecule has 3 rings (SSSR count). The fraction of sp³-hybridized carbons (Fsp3) is 0. The maximum atomic E-state index is 13.0. The molecule has 17 heavy (non-hydrogen) atoms. The Morgan fingerprint density at radius 1 is 1.18 bits per heavy atom. The number of benzene rings is 1. The molecule has 0 saturated carbocycles. The molecule has 0 bridgehead atoms. The van der Waals surface area contributed by atoms with Gasteiger partial charge >= 0.3 is 0 Å². The van der Waals surface area contributed by atoms with Gasteiger partial charge in [0.2, 0.25) is 0 Å². The number of pyridine rings is 1. The number of fused-ring (bicyclic) bond motifs is 1. The van der Waals surface area contributed by atoms with Crippen molar-refractivity contribution in [2.75, 3.05) is 5.73 Å². The molecule has 2 aromatic heterocycles. The Bertz CT molecular complexity index is 676. The molecule has 84 valence electrons. The summed E-state index contributed by atoms with van der Waals surface area (Å²) >= 11 is 1.42. The van der Waals surface area contributed by atoms with Crippen molar-refractivity contribution in [2.24, 2.45) is 0 Å². The molecule has 5 heteroatoms. The number of halogens is 1. The van der Waals surface area contributed by atoms with Gasteiger partial charge < -0.3 is 5.73 Å². The highest BCUT2D eigenvalue weighted by Crippen LogP contribution is 2.29. The van der Waals surface area contributed by atoms with Crippen LogP contribution in [-0.2, 0) is 0 Å². The molecule has 0 spiro atoms. The van der Waals surface area contributed by atoms with Gasteiger partial charge in [0.1, 0.15) is 10.8 Å². The first-order valence-corrected chi connectivity index (χ1v) is 5.82. The van der Waals surface area contributed by atoms with E-state index >= 15 is 0 Å². The van der Waals surface area contributed by atoms with Gasteiger partial charge in [-0.1, -0.05) is 0 Å². The Kier molecular flexibility index (Phi) is 2.26. The SMILES string of the molecule is Nc1ccc(-c2nc3ccc(F)cc3s2)nc1. The van der Waals surface area contributed by atoms with E-state index in [1.165, 1.54) is 23.5 Å². The van der Waals surface area contributed by atoms with E-state index in [1.54, 1.807) is 18.3 Å². The molecule has 0 saturated heterocycles. The van der Waals surface area contributed by atoms with Gasteiger partial charge in [-0.25, -0.2) is 9.37 Å². The summed E-state index contributed by atoms with van der Waals surface area (Å²) in [5.41, 5.74) is 7.72. The second kappa shape index (κ2) is 3.78.